The minimum atomic E-state index is -0.539. The van der Waals surface area contributed by atoms with E-state index in [1.807, 2.05) is 6.07 Å². The number of nitrogens with one attached hydrogen (secondary N) is 2. The second kappa shape index (κ2) is 3.81. The summed E-state index contributed by atoms with van der Waals surface area (Å²) in [7, 11) is 0. The van der Waals surface area contributed by atoms with Crippen LogP contribution in [0.15, 0.2) is 28.4 Å². The molecule has 90 valence electrons. The molecule has 18 heavy (non-hydrogen) atoms. The highest BCUT2D eigenvalue weighted by Crippen LogP contribution is 2.23. The number of hydrogen-bond donors (Lipinski definition) is 3. The van der Waals surface area contributed by atoms with E-state index < -0.39 is 5.91 Å². The SMILES string of the molecule is NC(=O)c1nc(-c2ccc3[nH]c(=O)[nH]c3c2)cs1. The molecule has 6 nitrogen and oxygen atoms in total. The van der Waals surface area contributed by atoms with Gasteiger partial charge in [0.2, 0.25) is 0 Å². The summed E-state index contributed by atoms with van der Waals surface area (Å²) >= 11 is 1.20. The minimum Gasteiger partial charge on any atom is -0.364 e. The number of amides is 1. The number of imidazole rings is 1. The van der Waals surface area contributed by atoms with Gasteiger partial charge in [-0.2, -0.15) is 0 Å². The van der Waals surface area contributed by atoms with Crippen LogP contribution in [0.5, 0.6) is 0 Å². The van der Waals surface area contributed by atoms with E-state index >= 15 is 0 Å². The van der Waals surface area contributed by atoms with Crippen molar-refractivity contribution in [3.05, 3.63) is 39.1 Å². The Hall–Kier alpha value is -2.41. The molecule has 3 rings (SSSR count). The molecule has 0 unspecified atom stereocenters. The average Bonchev–Trinajstić information content (AvgIpc) is 2.91. The second-order valence-electron chi connectivity index (χ2n) is 3.74. The largest absolute Gasteiger partial charge is 0.364 e. The first-order chi connectivity index (χ1) is 8.63. The van der Waals surface area contributed by atoms with Crippen LogP contribution < -0.4 is 11.4 Å². The summed E-state index contributed by atoms with van der Waals surface area (Å²) in [4.78, 5) is 31.6. The molecule has 7 heteroatoms. The monoisotopic (exact) mass is 260 g/mol. The Morgan fingerprint density at radius 3 is 2.78 bits per heavy atom. The molecule has 0 spiro atoms. The van der Waals surface area contributed by atoms with Crippen LogP contribution in [0.25, 0.3) is 22.3 Å². The van der Waals surface area contributed by atoms with Crippen LogP contribution in [-0.4, -0.2) is 20.9 Å². The molecule has 1 amide bonds. The molecule has 2 aromatic heterocycles. The molecule has 4 N–H and O–H groups in total. The van der Waals surface area contributed by atoms with E-state index in [0.29, 0.717) is 11.2 Å². The van der Waals surface area contributed by atoms with Crippen molar-refractivity contribution < 1.29 is 4.79 Å². The number of aromatic amines is 2. The molecule has 0 bridgehead atoms. The summed E-state index contributed by atoms with van der Waals surface area (Å²) in [5.74, 6) is -0.539. The lowest BCUT2D eigenvalue weighted by atomic mass is 10.1. The number of nitrogens with zero attached hydrogens (tertiary/aromatic N) is 1. The molecule has 0 aliphatic heterocycles. The topological polar surface area (TPSA) is 105 Å². The Morgan fingerprint density at radius 1 is 1.28 bits per heavy atom. The van der Waals surface area contributed by atoms with Crippen LogP contribution >= 0.6 is 11.3 Å². The first-order valence-electron chi connectivity index (χ1n) is 5.11. The molecular weight excluding hydrogens is 252 g/mol. The summed E-state index contributed by atoms with van der Waals surface area (Å²) in [5.41, 5.74) is 7.82. The van der Waals surface area contributed by atoms with Gasteiger partial charge in [0.05, 0.1) is 16.7 Å². The first-order valence-corrected chi connectivity index (χ1v) is 5.99. The number of thiazole rings is 1. The van der Waals surface area contributed by atoms with Gasteiger partial charge in [-0.05, 0) is 12.1 Å². The summed E-state index contributed by atoms with van der Waals surface area (Å²) in [6.45, 7) is 0. The van der Waals surface area contributed by atoms with Gasteiger partial charge in [0.15, 0.2) is 5.01 Å². The molecule has 0 saturated carbocycles. The van der Waals surface area contributed by atoms with Gasteiger partial charge < -0.3 is 15.7 Å². The lowest BCUT2D eigenvalue weighted by Gasteiger charge is -1.96. The fraction of sp³-hybridized carbons (Fsp3) is 0. The summed E-state index contributed by atoms with van der Waals surface area (Å²) in [6.07, 6.45) is 0. The fourth-order valence-electron chi connectivity index (χ4n) is 1.71. The Balaban J connectivity index is 2.12. The molecule has 0 radical (unpaired) electrons. The zero-order valence-corrected chi connectivity index (χ0v) is 9.88. The van der Waals surface area contributed by atoms with E-state index in [2.05, 4.69) is 15.0 Å². The third-order valence-corrected chi connectivity index (χ3v) is 3.38. The highest BCUT2D eigenvalue weighted by Gasteiger charge is 2.09. The van der Waals surface area contributed by atoms with Gasteiger partial charge >= 0.3 is 5.69 Å². The van der Waals surface area contributed by atoms with Gasteiger partial charge in [0.25, 0.3) is 5.91 Å². The number of benzene rings is 1. The number of nitrogens with two attached hydrogens (primary N) is 1. The number of fused-ring (bicyclic) bond motifs is 1. The van der Waals surface area contributed by atoms with Crippen LogP contribution in [0.4, 0.5) is 0 Å². The normalized spacial score (nSPS) is 10.9. The smallest absolute Gasteiger partial charge is 0.323 e. The molecule has 0 atom stereocenters. The molecule has 1 aromatic carbocycles. The third-order valence-electron chi connectivity index (χ3n) is 2.53. The predicted molar refractivity (Wildman–Crippen MR) is 68.5 cm³/mol. The average molecular weight is 260 g/mol. The van der Waals surface area contributed by atoms with E-state index in [4.69, 9.17) is 5.73 Å². The Labute approximate surface area is 104 Å². The standard InChI is InChI=1S/C11H8N4O2S/c12-9(16)10-13-8(4-18-10)5-1-2-6-7(3-5)15-11(17)14-6/h1-4H,(H2,12,16)(H2,14,15,17). The van der Waals surface area contributed by atoms with Gasteiger partial charge in [0, 0.05) is 10.9 Å². The highest BCUT2D eigenvalue weighted by atomic mass is 32.1. The number of primary amides is 1. The van der Waals surface area contributed by atoms with Crippen molar-refractivity contribution in [1.82, 2.24) is 15.0 Å². The Kier molecular flexibility index (Phi) is 2.27. The van der Waals surface area contributed by atoms with Crippen molar-refractivity contribution in [2.24, 2.45) is 5.73 Å². The maximum atomic E-state index is 11.1. The Morgan fingerprint density at radius 2 is 2.06 bits per heavy atom. The van der Waals surface area contributed by atoms with Gasteiger partial charge in [-0.1, -0.05) is 6.07 Å². The van der Waals surface area contributed by atoms with Crippen molar-refractivity contribution >= 4 is 28.3 Å². The molecule has 3 aromatic rings. The van der Waals surface area contributed by atoms with E-state index in [1.165, 1.54) is 11.3 Å². The lowest BCUT2D eigenvalue weighted by molar-refractivity contribution is 0.1000. The molecule has 0 aliphatic rings. The summed E-state index contributed by atoms with van der Waals surface area (Å²) < 4.78 is 0. The first kappa shape index (κ1) is 10.7. The minimum absolute atomic E-state index is 0.252. The zero-order chi connectivity index (χ0) is 12.7. The quantitative estimate of drug-likeness (QED) is 0.642. The predicted octanol–water partition coefficient (Wildman–Crippen LogP) is 1.08. The van der Waals surface area contributed by atoms with Crippen molar-refractivity contribution in [3.63, 3.8) is 0 Å². The fourth-order valence-corrected chi connectivity index (χ4v) is 2.39. The van der Waals surface area contributed by atoms with Gasteiger partial charge in [-0.3, -0.25) is 4.79 Å². The molecule has 0 saturated heterocycles. The third kappa shape index (κ3) is 1.70. The number of aromatic nitrogens is 3. The molecule has 2 heterocycles. The maximum Gasteiger partial charge on any atom is 0.323 e. The molecule has 0 aliphatic carbocycles. The van der Waals surface area contributed by atoms with Crippen LogP contribution in [-0.2, 0) is 0 Å². The zero-order valence-electron chi connectivity index (χ0n) is 9.06. The van der Waals surface area contributed by atoms with Crippen LogP contribution in [0.2, 0.25) is 0 Å². The molecule has 0 fully saturated rings. The van der Waals surface area contributed by atoms with Crippen molar-refractivity contribution in [3.8, 4) is 11.3 Å². The molecular formula is C11H8N4O2S. The lowest BCUT2D eigenvalue weighted by Crippen LogP contribution is -2.10. The van der Waals surface area contributed by atoms with Crippen molar-refractivity contribution in [2.45, 2.75) is 0 Å². The van der Waals surface area contributed by atoms with E-state index in [-0.39, 0.29) is 10.7 Å². The van der Waals surface area contributed by atoms with E-state index in [9.17, 15) is 9.59 Å². The van der Waals surface area contributed by atoms with E-state index in [0.717, 1.165) is 11.1 Å². The number of rotatable bonds is 2. The van der Waals surface area contributed by atoms with Gasteiger partial charge in [0.1, 0.15) is 0 Å². The van der Waals surface area contributed by atoms with Crippen molar-refractivity contribution in [1.29, 1.82) is 0 Å². The van der Waals surface area contributed by atoms with E-state index in [1.54, 1.807) is 17.5 Å². The van der Waals surface area contributed by atoms with Crippen molar-refractivity contribution in [2.75, 3.05) is 0 Å². The number of H-pyrrole nitrogens is 2. The van der Waals surface area contributed by atoms with Crippen LogP contribution in [0.1, 0.15) is 9.80 Å². The summed E-state index contributed by atoms with van der Waals surface area (Å²) in [6, 6.07) is 5.41. The second-order valence-corrected chi connectivity index (χ2v) is 4.60. The number of carbonyl (C=O) groups is 1. The maximum absolute atomic E-state index is 11.1. The van der Waals surface area contributed by atoms with Gasteiger partial charge in [-0.25, -0.2) is 9.78 Å². The highest BCUT2D eigenvalue weighted by molar-refractivity contribution is 7.12. The van der Waals surface area contributed by atoms with Gasteiger partial charge in [-0.15, -0.1) is 11.3 Å². The van der Waals surface area contributed by atoms with Crippen LogP contribution in [0, 0.1) is 0 Å². The van der Waals surface area contributed by atoms with Crippen LogP contribution in [0.3, 0.4) is 0 Å². The Bertz CT molecular complexity index is 799. The number of hydrogen-bond acceptors (Lipinski definition) is 4. The summed E-state index contributed by atoms with van der Waals surface area (Å²) in [5, 5.41) is 2.03. The number of carbonyl (C=O) groups excluding carboxylic acids is 1.